The zero-order valence-corrected chi connectivity index (χ0v) is 11.8. The van der Waals surface area contributed by atoms with Crippen LogP contribution in [0.2, 0.25) is 0.772 Å². The molecule has 2 aliphatic carbocycles. The molecule has 0 radical (unpaired) electrons. The molecule has 0 nitrogen and oxygen atoms in total. The molecule has 0 bridgehead atoms. The first-order valence-electron chi connectivity index (χ1n) is 4.86. The van der Waals surface area contributed by atoms with Crippen molar-refractivity contribution in [3.8, 4) is 0 Å². The second-order valence-corrected chi connectivity index (χ2v) is 13.0. The Hall–Kier alpha value is 0.441. The van der Waals surface area contributed by atoms with E-state index < -0.39 is 41.0 Å². The average molecular weight is 246 g/mol. The van der Waals surface area contributed by atoms with Crippen molar-refractivity contribution in [1.82, 2.24) is 0 Å². The van der Waals surface area contributed by atoms with Crippen molar-refractivity contribution in [2.24, 2.45) is 0 Å². The summed E-state index contributed by atoms with van der Waals surface area (Å²) >= 11 is -0.863. The van der Waals surface area contributed by atoms with E-state index in [2.05, 4.69) is 62.5 Å². The minimum absolute atomic E-state index is 0.468. The Bertz CT molecular complexity index is 262. The van der Waals surface area contributed by atoms with Gasteiger partial charge in [-0.3, -0.25) is 0 Å². The van der Waals surface area contributed by atoms with E-state index in [4.69, 9.17) is 0 Å². The van der Waals surface area contributed by atoms with E-state index in [9.17, 15) is 0 Å². The second-order valence-electron chi connectivity index (χ2n) is 4.62. The first-order chi connectivity index (χ1) is 6.12. The molecule has 0 saturated heterocycles. The Labute approximate surface area is 103 Å². The Balaban J connectivity index is 2.14. The molecule has 0 fully saturated rings. The Morgan fingerprint density at radius 1 is 0.692 bits per heavy atom. The van der Waals surface area contributed by atoms with Crippen molar-refractivity contribution >= 4 is 41.0 Å². The summed E-state index contributed by atoms with van der Waals surface area (Å²) in [5.74, 6) is 0. The zero-order chi connectivity index (χ0) is 9.36. The molecule has 2 rings (SSSR count). The molecule has 13 heavy (non-hydrogen) atoms. The van der Waals surface area contributed by atoms with Crippen LogP contribution in [0.1, 0.15) is 13.8 Å². The minimum atomic E-state index is -0.863. The molecule has 0 aromatic heterocycles. The molecule has 0 atom stereocenters. The molecule has 0 heterocycles. The first-order valence-corrected chi connectivity index (χ1v) is 8.34. The number of hydrogen-bond acceptors (Lipinski definition) is 0. The standard InChI is InChI=1S/2C6H7.Sr/c2*1-6-4-2-3-5-6;/h2*2-5H,1H3;. The summed E-state index contributed by atoms with van der Waals surface area (Å²) in [6.45, 7) is 4.77. The van der Waals surface area contributed by atoms with E-state index in [1.165, 1.54) is 0 Å². The predicted octanol–water partition coefficient (Wildman–Crippen LogP) is 3.30. The van der Waals surface area contributed by atoms with Gasteiger partial charge in [-0.2, -0.15) is 0 Å². The van der Waals surface area contributed by atoms with Gasteiger partial charge in [-0.05, 0) is 0 Å². The van der Waals surface area contributed by atoms with Gasteiger partial charge in [-0.15, -0.1) is 0 Å². The van der Waals surface area contributed by atoms with Gasteiger partial charge in [0.2, 0.25) is 0 Å². The molecular formula is C12H14Sr. The van der Waals surface area contributed by atoms with Gasteiger partial charge in [0.15, 0.2) is 0 Å². The second kappa shape index (κ2) is 3.54. The summed E-state index contributed by atoms with van der Waals surface area (Å²) < 4.78 is 0.935. The van der Waals surface area contributed by atoms with Gasteiger partial charge >= 0.3 is 104 Å². The van der Waals surface area contributed by atoms with Crippen molar-refractivity contribution in [2.45, 2.75) is 14.6 Å². The van der Waals surface area contributed by atoms with Gasteiger partial charge in [0.25, 0.3) is 0 Å². The maximum absolute atomic E-state index is 2.38. The third kappa shape index (κ3) is 2.27. The van der Waals surface area contributed by atoms with Crippen molar-refractivity contribution in [3.63, 3.8) is 0 Å². The predicted molar refractivity (Wildman–Crippen MR) is 59.0 cm³/mol. The van der Waals surface area contributed by atoms with E-state index in [-0.39, 0.29) is 0 Å². The molecular weight excluding hydrogens is 232 g/mol. The van der Waals surface area contributed by atoms with Crippen LogP contribution in [0.15, 0.2) is 48.6 Å². The van der Waals surface area contributed by atoms with Crippen LogP contribution in [-0.4, -0.2) is 41.0 Å². The van der Waals surface area contributed by atoms with E-state index in [0.717, 1.165) is 0 Å². The fourth-order valence-electron chi connectivity index (χ4n) is 2.27. The summed E-state index contributed by atoms with van der Waals surface area (Å²) in [6, 6.07) is 0. The van der Waals surface area contributed by atoms with Gasteiger partial charge in [0.1, 0.15) is 0 Å². The molecule has 2 aliphatic rings. The van der Waals surface area contributed by atoms with Gasteiger partial charge in [-0.1, -0.05) is 0 Å². The van der Waals surface area contributed by atoms with Crippen molar-refractivity contribution in [3.05, 3.63) is 48.6 Å². The summed E-state index contributed by atoms with van der Waals surface area (Å²) in [4.78, 5) is 0. The summed E-state index contributed by atoms with van der Waals surface area (Å²) in [5, 5.41) is 0. The molecule has 0 amide bonds. The Morgan fingerprint density at radius 3 is 1.31 bits per heavy atom. The van der Waals surface area contributed by atoms with Crippen LogP contribution >= 0.6 is 0 Å². The molecule has 0 aliphatic heterocycles. The van der Waals surface area contributed by atoms with Gasteiger partial charge in [0, 0.05) is 0 Å². The number of rotatable bonds is 2. The van der Waals surface area contributed by atoms with Crippen LogP contribution in [0.3, 0.4) is 0 Å². The van der Waals surface area contributed by atoms with Crippen LogP contribution in [0.5, 0.6) is 0 Å². The average Bonchev–Trinajstić information content (AvgIpc) is 2.60. The zero-order valence-electron chi connectivity index (χ0n) is 8.33. The summed E-state index contributed by atoms with van der Waals surface area (Å²) in [5.41, 5.74) is 0. The molecule has 0 saturated carbocycles. The topological polar surface area (TPSA) is 0 Å². The van der Waals surface area contributed by atoms with Gasteiger partial charge in [0.05, 0.1) is 0 Å². The fourth-order valence-corrected chi connectivity index (χ4v) is 8.80. The molecule has 0 aromatic carbocycles. The van der Waals surface area contributed by atoms with Crippen LogP contribution in [0.25, 0.3) is 0 Å². The number of hydrogen-bond donors (Lipinski definition) is 0. The molecule has 0 N–H and O–H groups in total. The quantitative estimate of drug-likeness (QED) is 0.655. The van der Waals surface area contributed by atoms with E-state index in [0.29, 0.717) is 0.772 Å². The Kier molecular flexibility index (Phi) is 2.72. The van der Waals surface area contributed by atoms with Crippen molar-refractivity contribution in [2.75, 3.05) is 0 Å². The SMILES string of the molecule is C[C]1([Sr][C]2(C)C=CC=C2)C=CC=C1. The van der Waals surface area contributed by atoms with Crippen LogP contribution < -0.4 is 0 Å². The van der Waals surface area contributed by atoms with Gasteiger partial charge in [-0.25, -0.2) is 0 Å². The van der Waals surface area contributed by atoms with Crippen LogP contribution in [0, 0.1) is 0 Å². The Morgan fingerprint density at radius 2 is 1.00 bits per heavy atom. The van der Waals surface area contributed by atoms with E-state index in [1.807, 2.05) is 0 Å². The van der Waals surface area contributed by atoms with Crippen molar-refractivity contribution < 1.29 is 0 Å². The monoisotopic (exact) mass is 246 g/mol. The molecule has 0 aromatic rings. The summed E-state index contributed by atoms with van der Waals surface area (Å²) in [7, 11) is 0. The van der Waals surface area contributed by atoms with E-state index >= 15 is 0 Å². The van der Waals surface area contributed by atoms with E-state index in [1.54, 1.807) is 0 Å². The maximum atomic E-state index is 2.38. The first kappa shape index (κ1) is 9.98. The van der Waals surface area contributed by atoms with Crippen LogP contribution in [0.4, 0.5) is 0 Å². The number of allylic oxidation sites excluding steroid dienone is 8. The van der Waals surface area contributed by atoms with Crippen molar-refractivity contribution in [1.29, 1.82) is 0 Å². The van der Waals surface area contributed by atoms with Gasteiger partial charge < -0.3 is 0 Å². The normalized spacial score (nSPS) is 25.4. The summed E-state index contributed by atoms with van der Waals surface area (Å²) in [6.07, 6.45) is 18.3. The third-order valence-corrected chi connectivity index (χ3v) is 8.95. The third-order valence-electron chi connectivity index (χ3n) is 2.89. The fraction of sp³-hybridized carbons (Fsp3) is 0.333. The molecule has 0 unspecified atom stereocenters. The van der Waals surface area contributed by atoms with Crippen LogP contribution in [-0.2, 0) is 0 Å². The molecule has 1 heteroatoms. The molecule has 0 spiro atoms. The molecule has 64 valence electrons.